The van der Waals surface area contributed by atoms with E-state index in [4.69, 9.17) is 9.84 Å². The maximum Gasteiger partial charge on any atom is 0.335 e. The molecule has 0 amide bonds. The van der Waals surface area contributed by atoms with Gasteiger partial charge in [0, 0.05) is 32.7 Å². The van der Waals surface area contributed by atoms with Crippen LogP contribution in [0.4, 0.5) is 0 Å². The molecule has 1 N–H and O–H groups in total. The lowest BCUT2D eigenvalue weighted by molar-refractivity contribution is 0.0265. The third-order valence-electron chi connectivity index (χ3n) is 4.84. The zero-order valence-electron chi connectivity index (χ0n) is 14.1. The maximum atomic E-state index is 12.9. The monoisotopic (exact) mass is 368 g/mol. The number of aromatic carboxylic acids is 1. The van der Waals surface area contributed by atoms with Gasteiger partial charge in [-0.3, -0.25) is 4.90 Å². The Morgan fingerprint density at radius 3 is 2.48 bits per heavy atom. The molecular weight excluding hydrogens is 344 g/mol. The van der Waals surface area contributed by atoms with Crippen molar-refractivity contribution in [3.63, 3.8) is 0 Å². The summed E-state index contributed by atoms with van der Waals surface area (Å²) in [6.45, 7) is 5.21. The molecular formula is C17H24N2O5S. The molecule has 2 fully saturated rings. The minimum atomic E-state index is -3.58. The number of ether oxygens (including phenoxy) is 1. The minimum Gasteiger partial charge on any atom is -0.478 e. The van der Waals surface area contributed by atoms with Crippen molar-refractivity contribution in [1.29, 1.82) is 0 Å². The van der Waals surface area contributed by atoms with E-state index in [0.29, 0.717) is 19.0 Å². The molecule has 0 aliphatic carbocycles. The van der Waals surface area contributed by atoms with Crippen LogP contribution in [0.2, 0.25) is 0 Å². The predicted octanol–water partition coefficient (Wildman–Crippen LogP) is 1.12. The molecule has 0 aromatic heterocycles. The van der Waals surface area contributed by atoms with Gasteiger partial charge in [0.25, 0.3) is 0 Å². The second-order valence-electron chi connectivity index (χ2n) is 6.61. The van der Waals surface area contributed by atoms with Gasteiger partial charge in [-0.2, -0.15) is 4.31 Å². The third kappa shape index (κ3) is 4.38. The standard InChI is InChI=1S/C17H24N2O5S/c20-17(21)15-3-5-16(6-4-15)25(22,23)19-7-1-2-14(13-19)12-18-8-10-24-11-9-18/h3-6,14H,1-2,7-13H2,(H,20,21)/t14-/m1/s1. The molecule has 138 valence electrons. The number of rotatable bonds is 5. The molecule has 1 aromatic carbocycles. The Balaban J connectivity index is 1.67. The van der Waals surface area contributed by atoms with E-state index in [1.807, 2.05) is 0 Å². The number of carboxylic acids is 1. The third-order valence-corrected chi connectivity index (χ3v) is 6.72. The van der Waals surface area contributed by atoms with Gasteiger partial charge in [0.15, 0.2) is 0 Å². The second-order valence-corrected chi connectivity index (χ2v) is 8.55. The number of hydrogen-bond donors (Lipinski definition) is 1. The van der Waals surface area contributed by atoms with Gasteiger partial charge in [-0.1, -0.05) is 0 Å². The fourth-order valence-corrected chi connectivity index (χ4v) is 5.02. The molecule has 0 radical (unpaired) electrons. The summed E-state index contributed by atoms with van der Waals surface area (Å²) in [5, 5.41) is 8.94. The normalized spacial score (nSPS) is 23.4. The Labute approximate surface area is 148 Å². The largest absolute Gasteiger partial charge is 0.478 e. The van der Waals surface area contributed by atoms with Crippen molar-refractivity contribution >= 4 is 16.0 Å². The SMILES string of the molecule is O=C(O)c1ccc(S(=O)(=O)N2CCC[C@H](CN3CCOCC3)C2)cc1. The van der Waals surface area contributed by atoms with Gasteiger partial charge in [-0.25, -0.2) is 13.2 Å². The zero-order valence-corrected chi connectivity index (χ0v) is 15.0. The molecule has 25 heavy (non-hydrogen) atoms. The number of nitrogens with zero attached hydrogens (tertiary/aromatic N) is 2. The van der Waals surface area contributed by atoms with Crippen LogP contribution in [-0.2, 0) is 14.8 Å². The van der Waals surface area contributed by atoms with Crippen LogP contribution < -0.4 is 0 Å². The Morgan fingerprint density at radius 2 is 1.84 bits per heavy atom. The van der Waals surface area contributed by atoms with Crippen LogP contribution in [0.15, 0.2) is 29.2 Å². The summed E-state index contributed by atoms with van der Waals surface area (Å²) in [5.41, 5.74) is 0.0859. The van der Waals surface area contributed by atoms with Crippen LogP contribution in [0.1, 0.15) is 23.2 Å². The first kappa shape index (κ1) is 18.3. The summed E-state index contributed by atoms with van der Waals surface area (Å²) in [7, 11) is -3.58. The van der Waals surface area contributed by atoms with E-state index in [9.17, 15) is 13.2 Å². The van der Waals surface area contributed by atoms with E-state index < -0.39 is 16.0 Å². The van der Waals surface area contributed by atoms with Crippen LogP contribution in [0.3, 0.4) is 0 Å². The maximum absolute atomic E-state index is 12.9. The summed E-state index contributed by atoms with van der Waals surface area (Å²) in [6, 6.07) is 5.43. The molecule has 1 aromatic rings. The Hall–Kier alpha value is -1.48. The van der Waals surface area contributed by atoms with E-state index >= 15 is 0 Å². The second kappa shape index (κ2) is 7.82. The highest BCUT2D eigenvalue weighted by atomic mass is 32.2. The van der Waals surface area contributed by atoms with E-state index in [2.05, 4.69) is 4.90 Å². The van der Waals surface area contributed by atoms with Crippen molar-refractivity contribution in [1.82, 2.24) is 9.21 Å². The van der Waals surface area contributed by atoms with Gasteiger partial charge in [-0.05, 0) is 43.0 Å². The van der Waals surface area contributed by atoms with Crippen molar-refractivity contribution < 1.29 is 23.1 Å². The number of piperidine rings is 1. The first-order valence-corrected chi connectivity index (χ1v) is 10.0. The fourth-order valence-electron chi connectivity index (χ4n) is 3.46. The van der Waals surface area contributed by atoms with Crippen LogP contribution in [0, 0.1) is 5.92 Å². The fraction of sp³-hybridized carbons (Fsp3) is 0.588. The predicted molar refractivity (Wildman–Crippen MR) is 92.1 cm³/mol. The summed E-state index contributed by atoms with van der Waals surface area (Å²) in [6.07, 6.45) is 1.88. The van der Waals surface area contributed by atoms with Crippen molar-refractivity contribution in [3.05, 3.63) is 29.8 Å². The van der Waals surface area contributed by atoms with Crippen molar-refractivity contribution in [2.24, 2.45) is 5.92 Å². The summed E-state index contributed by atoms with van der Waals surface area (Å²) < 4.78 is 32.6. The average Bonchev–Trinajstić information content (AvgIpc) is 2.63. The number of hydrogen-bond acceptors (Lipinski definition) is 5. The topological polar surface area (TPSA) is 87.1 Å². The highest BCUT2D eigenvalue weighted by molar-refractivity contribution is 7.89. The Kier molecular flexibility index (Phi) is 5.73. The van der Waals surface area contributed by atoms with Gasteiger partial charge in [0.05, 0.1) is 23.7 Å². The van der Waals surface area contributed by atoms with E-state index in [1.54, 1.807) is 0 Å². The molecule has 0 spiro atoms. The Morgan fingerprint density at radius 1 is 1.16 bits per heavy atom. The average molecular weight is 368 g/mol. The van der Waals surface area contributed by atoms with Gasteiger partial charge < -0.3 is 9.84 Å². The lowest BCUT2D eigenvalue weighted by atomic mass is 9.99. The molecule has 7 nitrogen and oxygen atoms in total. The number of benzene rings is 1. The van der Waals surface area contributed by atoms with Crippen molar-refractivity contribution in [2.45, 2.75) is 17.7 Å². The summed E-state index contributed by atoms with van der Waals surface area (Å²) in [4.78, 5) is 13.4. The lowest BCUT2D eigenvalue weighted by Gasteiger charge is -2.36. The highest BCUT2D eigenvalue weighted by Crippen LogP contribution is 2.25. The molecule has 0 saturated carbocycles. The van der Waals surface area contributed by atoms with Crippen LogP contribution in [0.5, 0.6) is 0 Å². The van der Waals surface area contributed by atoms with E-state index in [-0.39, 0.29) is 10.5 Å². The van der Waals surface area contributed by atoms with Crippen LogP contribution in [0.25, 0.3) is 0 Å². The zero-order chi connectivity index (χ0) is 17.9. The molecule has 8 heteroatoms. The quantitative estimate of drug-likeness (QED) is 0.838. The molecule has 1 atom stereocenters. The number of carboxylic acid groups (broad SMARTS) is 1. The number of carbonyl (C=O) groups is 1. The molecule has 2 saturated heterocycles. The number of morpholine rings is 1. The summed E-state index contributed by atoms with van der Waals surface area (Å²) >= 11 is 0. The van der Waals surface area contributed by atoms with Gasteiger partial charge in [0.1, 0.15) is 0 Å². The molecule has 0 bridgehead atoms. The first-order valence-electron chi connectivity index (χ1n) is 8.60. The lowest BCUT2D eigenvalue weighted by Crippen LogP contribution is -2.46. The van der Waals surface area contributed by atoms with Crippen molar-refractivity contribution in [3.8, 4) is 0 Å². The molecule has 0 unspecified atom stereocenters. The minimum absolute atomic E-state index is 0.0859. The molecule has 3 rings (SSSR count). The van der Waals surface area contributed by atoms with E-state index in [1.165, 1.54) is 28.6 Å². The van der Waals surface area contributed by atoms with Gasteiger partial charge in [0.2, 0.25) is 10.0 Å². The number of sulfonamides is 1. The van der Waals surface area contributed by atoms with Crippen LogP contribution in [-0.4, -0.2) is 74.6 Å². The smallest absolute Gasteiger partial charge is 0.335 e. The van der Waals surface area contributed by atoms with Crippen LogP contribution >= 0.6 is 0 Å². The summed E-state index contributed by atoms with van der Waals surface area (Å²) in [5.74, 6) is -0.743. The Bertz CT molecular complexity index is 698. The van der Waals surface area contributed by atoms with E-state index in [0.717, 1.165) is 45.7 Å². The van der Waals surface area contributed by atoms with Gasteiger partial charge in [-0.15, -0.1) is 0 Å². The van der Waals surface area contributed by atoms with Gasteiger partial charge >= 0.3 is 5.97 Å². The molecule has 2 aliphatic heterocycles. The highest BCUT2D eigenvalue weighted by Gasteiger charge is 2.31. The first-order chi connectivity index (χ1) is 12.0. The molecule has 2 heterocycles. The molecule has 2 aliphatic rings. The van der Waals surface area contributed by atoms with Crippen molar-refractivity contribution in [2.75, 3.05) is 45.9 Å².